The molecule has 4 N–H and O–H groups in total. The number of fused-ring (bicyclic) bond motifs is 1. The maximum absolute atomic E-state index is 11.9. The number of carbonyl (C=O) groups excluding carboxylic acids is 1. The summed E-state index contributed by atoms with van der Waals surface area (Å²) in [5.74, 6) is 0.225. The Morgan fingerprint density at radius 1 is 1.29 bits per heavy atom. The van der Waals surface area contributed by atoms with Gasteiger partial charge >= 0.3 is 6.09 Å². The van der Waals surface area contributed by atoms with E-state index in [2.05, 4.69) is 25.0 Å². The number of unbranched alkanes of at least 4 members (excludes halogenated alkanes) is 1. The molecule has 0 atom stereocenters. The van der Waals surface area contributed by atoms with Crippen LogP contribution in [0, 0.1) is 0 Å². The van der Waals surface area contributed by atoms with Gasteiger partial charge < -0.3 is 20.4 Å². The van der Waals surface area contributed by atoms with E-state index >= 15 is 0 Å². The molecule has 2 heterocycles. The van der Waals surface area contributed by atoms with Crippen LogP contribution in [0.1, 0.15) is 18.4 Å². The Bertz CT molecular complexity index is 1180. The number of sulfonamides is 1. The molecule has 0 radical (unpaired) electrons. The Hall–Kier alpha value is -2.96. The monoisotopic (exact) mass is 467 g/mol. The number of aryl methyl sites for hydroxylation is 1. The Kier molecular flexibility index (Phi) is 7.25. The van der Waals surface area contributed by atoms with Crippen molar-refractivity contribution in [1.29, 1.82) is 0 Å². The number of hydrogen-bond donors (Lipinski definition) is 3. The summed E-state index contributed by atoms with van der Waals surface area (Å²) in [6.07, 6.45) is 2.37. The summed E-state index contributed by atoms with van der Waals surface area (Å²) in [4.78, 5) is 24.2. The first-order chi connectivity index (χ1) is 14.8. The minimum Gasteiger partial charge on any atom is -0.450 e. The third-order valence-corrected chi connectivity index (χ3v) is 5.99. The molecule has 0 aliphatic heterocycles. The van der Waals surface area contributed by atoms with Crippen LogP contribution in [0.3, 0.4) is 0 Å². The molecule has 0 aliphatic rings. The second-order valence-corrected chi connectivity index (χ2v) is 8.76. The van der Waals surface area contributed by atoms with Crippen molar-refractivity contribution in [3.8, 4) is 0 Å². The van der Waals surface area contributed by atoms with E-state index in [1.54, 1.807) is 18.5 Å². The fourth-order valence-corrected chi connectivity index (χ4v) is 3.79. The number of alkyl carbamates (subject to hydrolysis) is 1. The number of nitrogens with two attached hydrogens (primary N) is 1. The lowest BCUT2D eigenvalue weighted by atomic mass is 10.2. The molecule has 0 fully saturated rings. The van der Waals surface area contributed by atoms with Gasteiger partial charge in [-0.15, -0.1) is 0 Å². The summed E-state index contributed by atoms with van der Waals surface area (Å²) in [6.45, 7) is 0.973. The zero-order valence-corrected chi connectivity index (χ0v) is 18.3. The van der Waals surface area contributed by atoms with Gasteiger partial charge in [-0.3, -0.25) is 0 Å². The van der Waals surface area contributed by atoms with Crippen molar-refractivity contribution in [2.45, 2.75) is 30.8 Å². The van der Waals surface area contributed by atoms with Gasteiger partial charge in [0.15, 0.2) is 11.5 Å². The number of ether oxygens (including phenoxy) is 1. The molecule has 0 bridgehead atoms. The van der Waals surface area contributed by atoms with Gasteiger partial charge in [0.1, 0.15) is 5.52 Å². The minimum atomic E-state index is -3.54. The van der Waals surface area contributed by atoms with E-state index in [-0.39, 0.29) is 29.1 Å². The number of nitrogens with one attached hydrogen (secondary N) is 2. The van der Waals surface area contributed by atoms with Gasteiger partial charge in [0.2, 0.25) is 15.3 Å². The first-order valence-electron chi connectivity index (χ1n) is 9.37. The molecule has 0 saturated carbocycles. The quantitative estimate of drug-likeness (QED) is 0.317. The van der Waals surface area contributed by atoms with Crippen LogP contribution in [0.2, 0.25) is 5.28 Å². The number of carbonyl (C=O) groups is 1. The second kappa shape index (κ2) is 9.90. The van der Waals surface area contributed by atoms with Crippen molar-refractivity contribution in [2.75, 3.05) is 19.4 Å². The molecule has 2 aromatic heterocycles. The molecule has 3 aromatic rings. The molecule has 31 heavy (non-hydrogen) atoms. The van der Waals surface area contributed by atoms with E-state index in [1.165, 1.54) is 19.2 Å². The molecule has 1 amide bonds. The number of nitrogens with zero attached hydrogens (tertiary/aromatic N) is 4. The Morgan fingerprint density at radius 3 is 2.87 bits per heavy atom. The van der Waals surface area contributed by atoms with Gasteiger partial charge in [-0.1, -0.05) is 12.1 Å². The molecule has 11 nitrogen and oxygen atoms in total. The lowest BCUT2D eigenvalue weighted by Gasteiger charge is -2.09. The third kappa shape index (κ3) is 5.81. The van der Waals surface area contributed by atoms with E-state index in [0.717, 1.165) is 0 Å². The Labute approximate surface area is 184 Å². The average Bonchev–Trinajstić information content (AvgIpc) is 3.15. The Balaban J connectivity index is 1.41. The lowest BCUT2D eigenvalue weighted by molar-refractivity contribution is 0.143. The van der Waals surface area contributed by atoms with Crippen molar-refractivity contribution < 1.29 is 17.9 Å². The number of halogens is 1. The van der Waals surface area contributed by atoms with Crippen LogP contribution in [0.5, 0.6) is 0 Å². The topological polar surface area (TPSA) is 154 Å². The van der Waals surface area contributed by atoms with Crippen LogP contribution in [0.25, 0.3) is 11.2 Å². The summed E-state index contributed by atoms with van der Waals surface area (Å²) >= 11 is 5.84. The largest absolute Gasteiger partial charge is 0.450 e. The summed E-state index contributed by atoms with van der Waals surface area (Å²) in [5, 5.41) is 2.66. The molecule has 0 unspecified atom stereocenters. The van der Waals surface area contributed by atoms with Crippen LogP contribution in [0.4, 0.5) is 10.6 Å². The lowest BCUT2D eigenvalue weighted by Crippen LogP contribution is -2.24. The molecular formula is C18H22ClN7O4S. The SMILES string of the molecule is CNS(=O)(=O)c1cccc(CNC(=O)OCCCCn2cnc3c(N)nc(Cl)nc32)c1. The number of nitrogen functional groups attached to an aromatic ring is 1. The first-order valence-corrected chi connectivity index (χ1v) is 11.2. The van der Waals surface area contributed by atoms with Crippen LogP contribution in [-0.4, -0.2) is 47.7 Å². The number of rotatable bonds is 9. The predicted octanol–water partition coefficient (Wildman–Crippen LogP) is 1.68. The number of hydrogen-bond acceptors (Lipinski definition) is 8. The number of benzene rings is 1. The highest BCUT2D eigenvalue weighted by Gasteiger charge is 2.12. The van der Waals surface area contributed by atoms with Crippen molar-refractivity contribution in [3.63, 3.8) is 0 Å². The predicted molar refractivity (Wildman–Crippen MR) is 115 cm³/mol. The van der Waals surface area contributed by atoms with Crippen molar-refractivity contribution >= 4 is 44.7 Å². The van der Waals surface area contributed by atoms with E-state index in [4.69, 9.17) is 22.1 Å². The van der Waals surface area contributed by atoms with Crippen molar-refractivity contribution in [1.82, 2.24) is 29.6 Å². The molecule has 0 saturated heterocycles. The average molecular weight is 468 g/mol. The molecule has 166 valence electrons. The van der Waals surface area contributed by atoms with Gasteiger partial charge in [0, 0.05) is 13.1 Å². The second-order valence-electron chi connectivity index (χ2n) is 6.54. The van der Waals surface area contributed by atoms with Crippen molar-refractivity contribution in [3.05, 3.63) is 41.4 Å². The van der Waals surface area contributed by atoms with Gasteiger partial charge in [-0.2, -0.15) is 9.97 Å². The highest BCUT2D eigenvalue weighted by atomic mass is 35.5. The van der Waals surface area contributed by atoms with Crippen LogP contribution >= 0.6 is 11.6 Å². The van der Waals surface area contributed by atoms with E-state index in [0.29, 0.717) is 36.1 Å². The fraction of sp³-hybridized carbons (Fsp3) is 0.333. The van der Waals surface area contributed by atoms with Crippen molar-refractivity contribution in [2.24, 2.45) is 0 Å². The number of imidazole rings is 1. The van der Waals surface area contributed by atoms with E-state index < -0.39 is 16.1 Å². The summed E-state index contributed by atoms with van der Waals surface area (Å²) in [6, 6.07) is 6.29. The van der Waals surface area contributed by atoms with Gasteiger partial charge in [0.05, 0.1) is 17.8 Å². The molecule has 1 aromatic carbocycles. The zero-order valence-electron chi connectivity index (χ0n) is 16.7. The maximum Gasteiger partial charge on any atom is 0.407 e. The van der Waals surface area contributed by atoms with Crippen LogP contribution in [0.15, 0.2) is 35.5 Å². The number of anilines is 1. The standard InChI is InChI=1S/C18H22ClN7O4S/c1-21-31(28,29)13-6-4-5-12(9-13)10-22-18(27)30-8-3-2-7-26-11-23-14-15(20)24-17(19)25-16(14)26/h4-6,9,11,21H,2-3,7-8,10H2,1H3,(H,22,27)(H2,20,24,25). The molecule has 13 heteroatoms. The van der Waals surface area contributed by atoms with E-state index in [1.807, 2.05) is 4.57 Å². The highest BCUT2D eigenvalue weighted by Crippen LogP contribution is 2.18. The summed E-state index contributed by atoms with van der Waals surface area (Å²) in [7, 11) is -2.20. The molecule has 0 spiro atoms. The fourth-order valence-electron chi connectivity index (χ4n) is 2.82. The molecular weight excluding hydrogens is 446 g/mol. The van der Waals surface area contributed by atoms with Crippen LogP contribution in [-0.2, 0) is 27.8 Å². The van der Waals surface area contributed by atoms with Crippen LogP contribution < -0.4 is 15.8 Å². The third-order valence-electron chi connectivity index (χ3n) is 4.40. The van der Waals surface area contributed by atoms with Gasteiger partial charge in [-0.25, -0.2) is 22.9 Å². The van der Waals surface area contributed by atoms with Gasteiger partial charge in [0.25, 0.3) is 0 Å². The number of amides is 1. The minimum absolute atomic E-state index is 0.0563. The maximum atomic E-state index is 11.9. The normalized spacial score (nSPS) is 11.5. The Morgan fingerprint density at radius 2 is 2.10 bits per heavy atom. The summed E-state index contributed by atoms with van der Waals surface area (Å²) < 4.78 is 32.9. The van der Waals surface area contributed by atoms with E-state index in [9.17, 15) is 13.2 Å². The number of aromatic nitrogens is 4. The zero-order chi connectivity index (χ0) is 22.4. The smallest absolute Gasteiger partial charge is 0.407 e. The molecule has 0 aliphatic carbocycles. The first kappa shape index (κ1) is 22.7. The highest BCUT2D eigenvalue weighted by molar-refractivity contribution is 7.89. The van der Waals surface area contributed by atoms with Gasteiger partial charge in [-0.05, 0) is 49.2 Å². The summed E-state index contributed by atoms with van der Waals surface area (Å²) in [5.41, 5.74) is 7.46. The molecule has 3 rings (SSSR count).